The molecule has 1 rings (SSSR count). The van der Waals surface area contributed by atoms with Crippen LogP contribution in [0.5, 0.6) is 0 Å². The maximum Gasteiger partial charge on any atom is 0.0831 e. The highest BCUT2D eigenvalue weighted by atomic mass is 79.9. The topological polar surface area (TPSA) is 38.7 Å². The first kappa shape index (κ1) is 13.1. The van der Waals surface area contributed by atoms with Crippen LogP contribution in [0.15, 0.2) is 15.2 Å². The van der Waals surface area contributed by atoms with Gasteiger partial charge in [0.25, 0.3) is 0 Å². The summed E-state index contributed by atoms with van der Waals surface area (Å²) < 4.78 is 11.1. The predicted molar refractivity (Wildman–Crippen MR) is 64.3 cm³/mol. The zero-order valence-corrected chi connectivity index (χ0v) is 11.0. The molecule has 3 nitrogen and oxygen atoms in total. The van der Waals surface area contributed by atoms with E-state index >= 15 is 0 Å². The number of hydrogen-bond donors (Lipinski definition) is 1. The van der Waals surface area contributed by atoms with E-state index in [4.69, 9.17) is 9.47 Å². The molecular formula is C10H15BrO3S. The molecule has 1 N–H and O–H groups in total. The van der Waals surface area contributed by atoms with Gasteiger partial charge in [0.1, 0.15) is 0 Å². The molecule has 1 aromatic heterocycles. The smallest absolute Gasteiger partial charge is 0.0831 e. The summed E-state index contributed by atoms with van der Waals surface area (Å²) in [4.78, 5) is 0. The normalized spacial score (nSPS) is 13.0. The van der Waals surface area contributed by atoms with Crippen LogP contribution < -0.4 is 0 Å². The molecule has 1 unspecified atom stereocenters. The average molecular weight is 295 g/mol. The minimum Gasteiger partial charge on any atom is -0.388 e. The summed E-state index contributed by atoms with van der Waals surface area (Å²) in [7, 11) is 1.64. The Labute approximate surface area is 102 Å². The number of ether oxygens (including phenoxy) is 2. The molecule has 0 aliphatic carbocycles. The first-order chi connectivity index (χ1) is 7.25. The van der Waals surface area contributed by atoms with Crippen molar-refractivity contribution in [2.24, 2.45) is 0 Å². The highest BCUT2D eigenvalue weighted by molar-refractivity contribution is 9.10. The van der Waals surface area contributed by atoms with Crippen molar-refractivity contribution in [2.45, 2.75) is 12.5 Å². The summed E-state index contributed by atoms with van der Waals surface area (Å²) in [5.41, 5.74) is 0.940. The molecule has 0 amide bonds. The van der Waals surface area contributed by atoms with Crippen LogP contribution in [0.1, 0.15) is 18.1 Å². The molecule has 0 saturated carbocycles. The predicted octanol–water partition coefficient (Wildman–Crippen LogP) is 2.60. The molecule has 15 heavy (non-hydrogen) atoms. The summed E-state index contributed by atoms with van der Waals surface area (Å²) in [6.45, 7) is 1.72. The number of aliphatic hydroxyl groups excluding tert-OH is 1. The lowest BCUT2D eigenvalue weighted by atomic mass is 10.1. The standard InChI is InChI=1S/C10H15BrO3S/c1-13-4-5-14-3-2-10(12)8-6-15-7-9(8)11/h6-7,10,12H,2-5H2,1H3. The monoisotopic (exact) mass is 294 g/mol. The average Bonchev–Trinajstić information content (AvgIpc) is 2.64. The van der Waals surface area contributed by atoms with Crippen molar-refractivity contribution in [1.82, 2.24) is 0 Å². The Morgan fingerprint density at radius 3 is 2.80 bits per heavy atom. The minimum atomic E-state index is -0.451. The van der Waals surface area contributed by atoms with Crippen molar-refractivity contribution >= 4 is 27.3 Å². The number of thiophene rings is 1. The van der Waals surface area contributed by atoms with E-state index in [0.717, 1.165) is 10.0 Å². The van der Waals surface area contributed by atoms with E-state index in [1.807, 2.05) is 10.8 Å². The van der Waals surface area contributed by atoms with E-state index in [0.29, 0.717) is 26.2 Å². The quantitative estimate of drug-likeness (QED) is 0.786. The molecule has 1 heterocycles. The van der Waals surface area contributed by atoms with E-state index in [1.54, 1.807) is 18.4 Å². The molecule has 0 bridgehead atoms. The van der Waals surface area contributed by atoms with Gasteiger partial charge >= 0.3 is 0 Å². The van der Waals surface area contributed by atoms with Crippen LogP contribution in [-0.2, 0) is 9.47 Å². The van der Waals surface area contributed by atoms with Crippen molar-refractivity contribution in [1.29, 1.82) is 0 Å². The lowest BCUT2D eigenvalue weighted by Gasteiger charge is -2.10. The second kappa shape index (κ2) is 7.35. The fraction of sp³-hybridized carbons (Fsp3) is 0.600. The molecule has 0 fully saturated rings. The van der Waals surface area contributed by atoms with Crippen molar-refractivity contribution < 1.29 is 14.6 Å². The lowest BCUT2D eigenvalue weighted by molar-refractivity contribution is 0.0475. The third-order valence-corrected chi connectivity index (χ3v) is 3.72. The van der Waals surface area contributed by atoms with E-state index in [-0.39, 0.29) is 0 Å². The molecule has 0 aliphatic heterocycles. The Balaban J connectivity index is 2.19. The first-order valence-electron chi connectivity index (χ1n) is 4.72. The van der Waals surface area contributed by atoms with Crippen LogP contribution in [-0.4, -0.2) is 32.0 Å². The van der Waals surface area contributed by atoms with E-state index in [9.17, 15) is 5.11 Å². The molecule has 0 aliphatic rings. The zero-order valence-electron chi connectivity index (χ0n) is 8.61. The molecule has 1 atom stereocenters. The largest absolute Gasteiger partial charge is 0.388 e. The van der Waals surface area contributed by atoms with Gasteiger partial charge < -0.3 is 14.6 Å². The molecule has 1 aromatic rings. The highest BCUT2D eigenvalue weighted by Gasteiger charge is 2.11. The van der Waals surface area contributed by atoms with Crippen molar-refractivity contribution in [3.05, 3.63) is 20.8 Å². The lowest BCUT2D eigenvalue weighted by Crippen LogP contribution is -2.06. The van der Waals surface area contributed by atoms with Crippen molar-refractivity contribution in [2.75, 3.05) is 26.9 Å². The van der Waals surface area contributed by atoms with E-state index in [1.165, 1.54) is 0 Å². The van der Waals surface area contributed by atoms with Gasteiger partial charge in [-0.15, -0.1) is 0 Å². The van der Waals surface area contributed by atoms with Gasteiger partial charge in [-0.3, -0.25) is 0 Å². The Kier molecular flexibility index (Phi) is 6.43. The second-order valence-corrected chi connectivity index (χ2v) is 4.68. The summed E-state index contributed by atoms with van der Waals surface area (Å²) in [6.07, 6.45) is 0.159. The van der Waals surface area contributed by atoms with Crippen LogP contribution in [0.25, 0.3) is 0 Å². The fourth-order valence-corrected chi connectivity index (χ4v) is 2.73. The molecule has 0 aromatic carbocycles. The van der Waals surface area contributed by atoms with Gasteiger partial charge in [-0.25, -0.2) is 0 Å². The van der Waals surface area contributed by atoms with Crippen LogP contribution in [0.2, 0.25) is 0 Å². The van der Waals surface area contributed by atoms with Crippen LogP contribution in [0.3, 0.4) is 0 Å². The van der Waals surface area contributed by atoms with Gasteiger partial charge in [-0.05, 0) is 21.3 Å². The maximum atomic E-state index is 9.81. The number of methoxy groups -OCH3 is 1. The zero-order chi connectivity index (χ0) is 11.1. The third-order valence-electron chi connectivity index (χ3n) is 1.97. The Morgan fingerprint density at radius 2 is 2.20 bits per heavy atom. The van der Waals surface area contributed by atoms with Gasteiger partial charge in [0.05, 0.1) is 19.3 Å². The summed E-state index contributed by atoms with van der Waals surface area (Å²) in [5, 5.41) is 13.7. The minimum absolute atomic E-state index is 0.451. The molecule has 86 valence electrons. The summed E-state index contributed by atoms with van der Waals surface area (Å²) >= 11 is 4.96. The molecular weight excluding hydrogens is 280 g/mol. The van der Waals surface area contributed by atoms with Crippen LogP contribution in [0.4, 0.5) is 0 Å². The SMILES string of the molecule is COCCOCCC(O)c1cscc1Br. The number of halogens is 1. The van der Waals surface area contributed by atoms with E-state index < -0.39 is 6.10 Å². The van der Waals surface area contributed by atoms with E-state index in [2.05, 4.69) is 15.9 Å². The van der Waals surface area contributed by atoms with Gasteiger partial charge in [0.2, 0.25) is 0 Å². The fourth-order valence-electron chi connectivity index (χ4n) is 1.12. The number of aliphatic hydroxyl groups is 1. The molecule has 0 spiro atoms. The maximum absolute atomic E-state index is 9.81. The second-order valence-electron chi connectivity index (χ2n) is 3.08. The Hall–Kier alpha value is 0.0600. The van der Waals surface area contributed by atoms with Gasteiger partial charge in [-0.1, -0.05) is 0 Å². The molecule has 0 saturated heterocycles. The molecule has 5 heteroatoms. The summed E-state index contributed by atoms with van der Waals surface area (Å²) in [6, 6.07) is 0. The third kappa shape index (κ3) is 4.61. The number of rotatable bonds is 7. The van der Waals surface area contributed by atoms with Crippen molar-refractivity contribution in [3.8, 4) is 0 Å². The van der Waals surface area contributed by atoms with Crippen LogP contribution in [0, 0.1) is 0 Å². The highest BCUT2D eigenvalue weighted by Crippen LogP contribution is 2.28. The Morgan fingerprint density at radius 1 is 1.40 bits per heavy atom. The van der Waals surface area contributed by atoms with Gasteiger partial charge in [0.15, 0.2) is 0 Å². The Bertz CT molecular complexity index is 277. The summed E-state index contributed by atoms with van der Waals surface area (Å²) in [5.74, 6) is 0. The van der Waals surface area contributed by atoms with Gasteiger partial charge in [-0.2, -0.15) is 11.3 Å². The van der Waals surface area contributed by atoms with Crippen molar-refractivity contribution in [3.63, 3.8) is 0 Å². The first-order valence-corrected chi connectivity index (χ1v) is 6.45. The van der Waals surface area contributed by atoms with Crippen LogP contribution >= 0.6 is 27.3 Å². The van der Waals surface area contributed by atoms with Gasteiger partial charge in [0, 0.05) is 35.6 Å². The number of hydrogen-bond acceptors (Lipinski definition) is 4. The molecule has 0 radical (unpaired) electrons.